The maximum atomic E-state index is 10.3. The highest BCUT2D eigenvalue weighted by Gasteiger charge is 2.41. The average Bonchev–Trinajstić information content (AvgIpc) is 2.89. The minimum Gasteiger partial charge on any atom is -0.481 e. The standard InChI is InChI=1S/2C7H6O2.2C6H8O7/c2*8-7(9)6-4-2-1-3-5-6;2*7-3(8)1-6(13,5(11)12)2-4(9)10/h2*1-5H,(H,8,9);2*13H,1-2H2,(H,7,8)(H,9,10)(H,11,12). The van der Waals surface area contributed by atoms with Crippen LogP contribution in [0.2, 0.25) is 0 Å². The van der Waals surface area contributed by atoms with Crippen LogP contribution in [0, 0.1) is 0 Å². The van der Waals surface area contributed by atoms with Crippen LogP contribution < -0.4 is 0 Å². The lowest BCUT2D eigenvalue weighted by atomic mass is 9.96. The van der Waals surface area contributed by atoms with Gasteiger partial charge in [-0.2, -0.15) is 0 Å². The van der Waals surface area contributed by atoms with Crippen molar-refractivity contribution in [3.8, 4) is 0 Å². The van der Waals surface area contributed by atoms with Crippen molar-refractivity contribution < 1.29 is 89.4 Å². The van der Waals surface area contributed by atoms with Crippen LogP contribution in [0.4, 0.5) is 0 Å². The van der Waals surface area contributed by atoms with E-state index in [4.69, 9.17) is 51.1 Å². The van der Waals surface area contributed by atoms with Crippen LogP contribution in [0.25, 0.3) is 0 Å². The van der Waals surface area contributed by atoms with Gasteiger partial charge in [-0.05, 0) is 24.3 Å². The summed E-state index contributed by atoms with van der Waals surface area (Å²) in [4.78, 5) is 81.4. The molecule has 0 aliphatic heterocycles. The molecule has 0 heterocycles. The summed E-state index contributed by atoms with van der Waals surface area (Å²) < 4.78 is 0. The van der Waals surface area contributed by atoms with Crippen LogP contribution in [0.5, 0.6) is 0 Å². The molecular weight excluding hydrogens is 600 g/mol. The third kappa shape index (κ3) is 17.7. The fourth-order valence-electron chi connectivity index (χ4n) is 2.59. The predicted octanol–water partition coefficient (Wildman–Crippen LogP) is 0.273. The van der Waals surface area contributed by atoms with E-state index in [1.165, 1.54) is 0 Å². The Morgan fingerprint density at radius 2 is 0.614 bits per heavy atom. The number of aliphatic carboxylic acids is 6. The summed E-state index contributed by atoms with van der Waals surface area (Å²) in [5, 5.41) is 84.4. The van der Waals surface area contributed by atoms with Crippen LogP contribution >= 0.6 is 0 Å². The summed E-state index contributed by atoms with van der Waals surface area (Å²) in [7, 11) is 0. The number of carbonyl (C=O) groups is 8. The van der Waals surface area contributed by atoms with Crippen molar-refractivity contribution in [3.63, 3.8) is 0 Å². The van der Waals surface area contributed by atoms with E-state index in [0.29, 0.717) is 11.1 Å². The summed E-state index contributed by atoms with van der Waals surface area (Å²) >= 11 is 0. The molecule has 18 nitrogen and oxygen atoms in total. The Kier molecular flexibility index (Phi) is 17.6. The molecule has 0 aromatic heterocycles. The number of hydrogen-bond acceptors (Lipinski definition) is 10. The van der Waals surface area contributed by atoms with E-state index in [-0.39, 0.29) is 0 Å². The molecule has 0 amide bonds. The highest BCUT2D eigenvalue weighted by atomic mass is 16.4. The molecule has 0 aliphatic rings. The fraction of sp³-hybridized carbons (Fsp3) is 0.231. The van der Waals surface area contributed by atoms with Crippen LogP contribution in [-0.2, 0) is 28.8 Å². The molecule has 18 heteroatoms. The van der Waals surface area contributed by atoms with E-state index < -0.39 is 84.6 Å². The molecule has 240 valence electrons. The molecule has 0 saturated heterocycles. The van der Waals surface area contributed by atoms with Crippen molar-refractivity contribution in [2.24, 2.45) is 0 Å². The molecule has 0 spiro atoms. The van der Waals surface area contributed by atoms with Crippen LogP contribution in [-0.4, -0.2) is 110 Å². The molecule has 0 atom stereocenters. The zero-order valence-electron chi connectivity index (χ0n) is 22.3. The summed E-state index contributed by atoms with van der Waals surface area (Å²) in [5.74, 6) is -11.8. The van der Waals surface area contributed by atoms with Gasteiger partial charge in [0.1, 0.15) is 0 Å². The first-order valence-corrected chi connectivity index (χ1v) is 11.5. The lowest BCUT2D eigenvalue weighted by Crippen LogP contribution is -2.42. The van der Waals surface area contributed by atoms with E-state index in [2.05, 4.69) is 0 Å². The van der Waals surface area contributed by atoms with E-state index in [1.807, 2.05) is 0 Å². The molecule has 10 N–H and O–H groups in total. The lowest BCUT2D eigenvalue weighted by Gasteiger charge is -2.18. The van der Waals surface area contributed by atoms with Crippen LogP contribution in [0.3, 0.4) is 0 Å². The average molecular weight is 628 g/mol. The first-order valence-electron chi connectivity index (χ1n) is 11.5. The van der Waals surface area contributed by atoms with Gasteiger partial charge >= 0.3 is 47.8 Å². The molecule has 0 fully saturated rings. The van der Waals surface area contributed by atoms with E-state index in [9.17, 15) is 38.4 Å². The van der Waals surface area contributed by atoms with E-state index in [0.717, 1.165) is 0 Å². The minimum absolute atomic E-state index is 0.331. The first kappa shape index (κ1) is 40.3. The maximum Gasteiger partial charge on any atom is 0.336 e. The van der Waals surface area contributed by atoms with Gasteiger partial charge in [0, 0.05) is 0 Å². The maximum absolute atomic E-state index is 10.3. The number of aliphatic hydroxyl groups is 2. The smallest absolute Gasteiger partial charge is 0.336 e. The minimum atomic E-state index is -2.74. The Labute approximate surface area is 246 Å². The second kappa shape index (κ2) is 19.3. The van der Waals surface area contributed by atoms with Crippen molar-refractivity contribution in [1.29, 1.82) is 0 Å². The number of hydrogen-bond donors (Lipinski definition) is 10. The van der Waals surface area contributed by atoms with Crippen LogP contribution in [0.15, 0.2) is 60.7 Å². The van der Waals surface area contributed by atoms with Crippen molar-refractivity contribution in [3.05, 3.63) is 71.8 Å². The Balaban J connectivity index is 0. The molecule has 0 saturated carbocycles. The normalized spacial score (nSPS) is 10.0. The molecule has 2 aromatic rings. The SMILES string of the molecule is O=C(O)CC(O)(CC(=O)O)C(=O)O.O=C(O)CC(O)(CC(=O)O)C(=O)O.O=C(O)c1ccccc1.O=C(O)c1ccccc1. The van der Waals surface area contributed by atoms with Gasteiger partial charge in [0.15, 0.2) is 11.2 Å². The molecule has 0 unspecified atom stereocenters. The van der Waals surface area contributed by atoms with Crippen molar-refractivity contribution in [2.75, 3.05) is 0 Å². The van der Waals surface area contributed by atoms with Gasteiger partial charge in [-0.3, -0.25) is 19.2 Å². The first-order chi connectivity index (χ1) is 20.2. The molecule has 0 bridgehead atoms. The molecule has 44 heavy (non-hydrogen) atoms. The third-order valence-electron chi connectivity index (χ3n) is 4.61. The van der Waals surface area contributed by atoms with Gasteiger partial charge in [-0.25, -0.2) is 19.2 Å². The lowest BCUT2D eigenvalue weighted by molar-refractivity contribution is -0.170. The second-order valence-corrected chi connectivity index (χ2v) is 8.30. The molecule has 2 aromatic carbocycles. The van der Waals surface area contributed by atoms with Gasteiger partial charge in [0.25, 0.3) is 0 Å². The summed E-state index contributed by atoms with van der Waals surface area (Å²) in [5.41, 5.74) is -4.81. The van der Waals surface area contributed by atoms with Gasteiger partial charge in [-0.1, -0.05) is 36.4 Å². The number of carboxylic acid groups (broad SMARTS) is 8. The molecule has 0 radical (unpaired) electrons. The summed E-state index contributed by atoms with van der Waals surface area (Å²) in [6, 6.07) is 16.6. The second-order valence-electron chi connectivity index (χ2n) is 8.30. The Hall–Kier alpha value is -5.88. The predicted molar refractivity (Wildman–Crippen MR) is 141 cm³/mol. The van der Waals surface area contributed by atoms with Gasteiger partial charge in [0.2, 0.25) is 0 Å². The largest absolute Gasteiger partial charge is 0.481 e. The highest BCUT2D eigenvalue weighted by Crippen LogP contribution is 2.16. The highest BCUT2D eigenvalue weighted by molar-refractivity contribution is 5.89. The van der Waals surface area contributed by atoms with Crippen LogP contribution in [0.1, 0.15) is 46.4 Å². The molecule has 0 aliphatic carbocycles. The van der Waals surface area contributed by atoms with E-state index in [1.54, 1.807) is 60.7 Å². The fourth-order valence-corrected chi connectivity index (χ4v) is 2.59. The third-order valence-corrected chi connectivity index (χ3v) is 4.61. The van der Waals surface area contributed by atoms with Gasteiger partial charge in [0.05, 0.1) is 36.8 Å². The van der Waals surface area contributed by atoms with Gasteiger partial charge in [-0.15, -0.1) is 0 Å². The molecule has 2 rings (SSSR count). The topological polar surface area (TPSA) is 339 Å². The summed E-state index contributed by atoms with van der Waals surface area (Å²) in [6.07, 6.45) is -4.58. The Morgan fingerprint density at radius 3 is 0.727 bits per heavy atom. The zero-order valence-corrected chi connectivity index (χ0v) is 22.3. The van der Waals surface area contributed by atoms with Crippen molar-refractivity contribution in [2.45, 2.75) is 36.9 Å². The summed E-state index contributed by atoms with van der Waals surface area (Å²) in [6.45, 7) is 0. The molecular formula is C26H28O18. The van der Waals surface area contributed by atoms with Crippen molar-refractivity contribution >= 4 is 47.8 Å². The zero-order chi connectivity index (χ0) is 34.7. The number of benzene rings is 2. The Bertz CT molecular complexity index is 1170. The quantitative estimate of drug-likeness (QED) is 0.151. The van der Waals surface area contributed by atoms with Gasteiger partial charge < -0.3 is 51.1 Å². The number of aromatic carboxylic acids is 2. The number of carboxylic acids is 8. The Morgan fingerprint density at radius 1 is 0.409 bits per heavy atom. The monoisotopic (exact) mass is 628 g/mol. The number of rotatable bonds is 12. The van der Waals surface area contributed by atoms with Crippen molar-refractivity contribution in [1.82, 2.24) is 0 Å². The van der Waals surface area contributed by atoms with E-state index >= 15 is 0 Å².